The summed E-state index contributed by atoms with van der Waals surface area (Å²) in [6.07, 6.45) is 6.01. The van der Waals surface area contributed by atoms with Crippen LogP contribution in [0.5, 0.6) is 5.88 Å². The standard InChI is InChI=1S/C17H19N3OS/c1-4-5-8-20-13(3)12(2)15-10-18-19-17(16(15)20)21-11-14-7-6-9-22-14/h4-7,9-10H,8,11H2,1-3H3. The summed E-state index contributed by atoms with van der Waals surface area (Å²) in [5.41, 5.74) is 3.49. The number of aromatic nitrogens is 3. The predicted octanol–water partition coefficient (Wildman–Crippen LogP) is 4.26. The van der Waals surface area contributed by atoms with Gasteiger partial charge in [-0.25, -0.2) is 0 Å². The van der Waals surface area contributed by atoms with Crippen LogP contribution >= 0.6 is 11.3 Å². The van der Waals surface area contributed by atoms with Gasteiger partial charge in [0.15, 0.2) is 0 Å². The van der Waals surface area contributed by atoms with Crippen molar-refractivity contribution in [3.8, 4) is 5.88 Å². The average molecular weight is 313 g/mol. The minimum absolute atomic E-state index is 0.526. The van der Waals surface area contributed by atoms with Gasteiger partial charge in [-0.1, -0.05) is 18.2 Å². The highest BCUT2D eigenvalue weighted by atomic mass is 32.1. The van der Waals surface area contributed by atoms with Crippen molar-refractivity contribution in [3.05, 3.63) is 52.0 Å². The normalized spacial score (nSPS) is 11.6. The van der Waals surface area contributed by atoms with Crippen molar-refractivity contribution in [2.24, 2.45) is 0 Å². The minimum Gasteiger partial charge on any atom is -0.469 e. The van der Waals surface area contributed by atoms with E-state index in [-0.39, 0.29) is 0 Å². The largest absolute Gasteiger partial charge is 0.469 e. The van der Waals surface area contributed by atoms with Gasteiger partial charge in [0.25, 0.3) is 5.88 Å². The van der Waals surface area contributed by atoms with Gasteiger partial charge in [-0.2, -0.15) is 5.10 Å². The molecule has 0 radical (unpaired) electrons. The topological polar surface area (TPSA) is 39.9 Å². The van der Waals surface area contributed by atoms with Crippen molar-refractivity contribution in [1.82, 2.24) is 14.8 Å². The van der Waals surface area contributed by atoms with Gasteiger partial charge in [-0.05, 0) is 37.8 Å². The molecule has 0 fully saturated rings. The Balaban J connectivity index is 2.03. The average Bonchev–Trinajstić information content (AvgIpc) is 3.13. The van der Waals surface area contributed by atoms with E-state index < -0.39 is 0 Å². The van der Waals surface area contributed by atoms with E-state index in [2.05, 4.69) is 46.8 Å². The lowest BCUT2D eigenvalue weighted by Gasteiger charge is -2.09. The highest BCUT2D eigenvalue weighted by Gasteiger charge is 2.16. The third-order valence-electron chi connectivity index (χ3n) is 3.87. The molecule has 0 atom stereocenters. The second-order valence-electron chi connectivity index (χ2n) is 5.17. The Morgan fingerprint density at radius 3 is 2.95 bits per heavy atom. The van der Waals surface area contributed by atoms with Crippen molar-refractivity contribution in [3.63, 3.8) is 0 Å². The lowest BCUT2D eigenvalue weighted by atomic mass is 10.2. The van der Waals surface area contributed by atoms with Gasteiger partial charge in [-0.3, -0.25) is 0 Å². The van der Waals surface area contributed by atoms with Crippen molar-refractivity contribution in [1.29, 1.82) is 0 Å². The van der Waals surface area contributed by atoms with Crippen LogP contribution in [0.25, 0.3) is 10.9 Å². The number of ether oxygens (including phenoxy) is 1. The van der Waals surface area contributed by atoms with Crippen LogP contribution in [0.3, 0.4) is 0 Å². The SMILES string of the molecule is CC=CCn1c(C)c(C)c2cnnc(OCc3cccs3)c21. The van der Waals surface area contributed by atoms with Gasteiger partial charge in [0.1, 0.15) is 12.1 Å². The monoisotopic (exact) mass is 313 g/mol. The molecule has 0 bridgehead atoms. The van der Waals surface area contributed by atoms with Gasteiger partial charge in [0.05, 0.1) is 6.20 Å². The molecule has 0 aliphatic heterocycles. The van der Waals surface area contributed by atoms with Crippen LogP contribution in [0, 0.1) is 13.8 Å². The molecule has 0 unspecified atom stereocenters. The molecule has 0 aliphatic rings. The maximum absolute atomic E-state index is 5.94. The van der Waals surface area contributed by atoms with E-state index in [1.165, 1.54) is 16.1 Å². The summed E-state index contributed by atoms with van der Waals surface area (Å²) in [6, 6.07) is 4.09. The number of thiophene rings is 1. The molecule has 0 saturated carbocycles. The van der Waals surface area contributed by atoms with E-state index in [0.29, 0.717) is 12.5 Å². The number of hydrogen-bond donors (Lipinski definition) is 0. The molecule has 3 aromatic heterocycles. The Morgan fingerprint density at radius 2 is 2.23 bits per heavy atom. The molecule has 0 aromatic carbocycles. The number of hydrogen-bond acceptors (Lipinski definition) is 4. The molecule has 4 nitrogen and oxygen atoms in total. The first-order chi connectivity index (χ1) is 10.7. The number of aryl methyl sites for hydroxylation is 1. The summed E-state index contributed by atoms with van der Waals surface area (Å²) in [5, 5.41) is 11.5. The van der Waals surface area contributed by atoms with Crippen LogP contribution in [0.15, 0.2) is 35.9 Å². The molecular weight excluding hydrogens is 294 g/mol. The maximum atomic E-state index is 5.94. The van der Waals surface area contributed by atoms with E-state index in [9.17, 15) is 0 Å². The minimum atomic E-state index is 0.526. The van der Waals surface area contributed by atoms with E-state index >= 15 is 0 Å². The first-order valence-corrected chi connectivity index (χ1v) is 8.17. The third-order valence-corrected chi connectivity index (χ3v) is 4.72. The fourth-order valence-electron chi connectivity index (χ4n) is 2.53. The van der Waals surface area contributed by atoms with Crippen LogP contribution in [0.1, 0.15) is 23.1 Å². The Kier molecular flexibility index (Phi) is 4.24. The number of nitrogens with zero attached hydrogens (tertiary/aromatic N) is 3. The molecule has 3 heterocycles. The van der Waals surface area contributed by atoms with Crippen LogP contribution in [-0.2, 0) is 13.2 Å². The smallest absolute Gasteiger partial charge is 0.258 e. The molecule has 0 saturated heterocycles. The highest BCUT2D eigenvalue weighted by molar-refractivity contribution is 7.09. The van der Waals surface area contributed by atoms with E-state index in [0.717, 1.165) is 17.4 Å². The summed E-state index contributed by atoms with van der Waals surface area (Å²) in [5.74, 6) is 0.603. The first-order valence-electron chi connectivity index (χ1n) is 7.29. The van der Waals surface area contributed by atoms with E-state index in [1.54, 1.807) is 11.3 Å². The molecule has 3 aromatic rings. The Morgan fingerprint density at radius 1 is 1.36 bits per heavy atom. The maximum Gasteiger partial charge on any atom is 0.258 e. The van der Waals surface area contributed by atoms with Gasteiger partial charge < -0.3 is 9.30 Å². The second-order valence-corrected chi connectivity index (χ2v) is 6.20. The van der Waals surface area contributed by atoms with Crippen molar-refractivity contribution in [2.75, 3.05) is 0 Å². The number of rotatable bonds is 5. The van der Waals surface area contributed by atoms with Crippen molar-refractivity contribution >= 4 is 22.2 Å². The number of allylic oxidation sites excluding steroid dienone is 2. The molecule has 0 spiro atoms. The molecule has 0 amide bonds. The summed E-state index contributed by atoms with van der Waals surface area (Å²) in [6.45, 7) is 7.62. The molecule has 0 aliphatic carbocycles. The highest BCUT2D eigenvalue weighted by Crippen LogP contribution is 2.30. The Bertz CT molecular complexity index is 803. The fourth-order valence-corrected chi connectivity index (χ4v) is 3.15. The van der Waals surface area contributed by atoms with Gasteiger partial charge >= 0.3 is 0 Å². The zero-order chi connectivity index (χ0) is 15.5. The first kappa shape index (κ1) is 14.8. The van der Waals surface area contributed by atoms with Crippen molar-refractivity contribution in [2.45, 2.75) is 33.9 Å². The molecule has 5 heteroatoms. The summed E-state index contributed by atoms with van der Waals surface area (Å²) < 4.78 is 8.18. The van der Waals surface area contributed by atoms with Crippen LogP contribution in [0.4, 0.5) is 0 Å². The lowest BCUT2D eigenvalue weighted by molar-refractivity contribution is 0.296. The van der Waals surface area contributed by atoms with E-state index in [4.69, 9.17) is 4.74 Å². The van der Waals surface area contributed by atoms with Crippen LogP contribution < -0.4 is 4.74 Å². The summed E-state index contributed by atoms with van der Waals surface area (Å²) >= 11 is 1.68. The quantitative estimate of drug-likeness (QED) is 0.661. The molecule has 114 valence electrons. The molecule has 0 N–H and O–H groups in total. The zero-order valence-electron chi connectivity index (χ0n) is 13.0. The zero-order valence-corrected chi connectivity index (χ0v) is 13.9. The molecule has 22 heavy (non-hydrogen) atoms. The van der Waals surface area contributed by atoms with E-state index in [1.807, 2.05) is 24.6 Å². The van der Waals surface area contributed by atoms with Gasteiger partial charge in [0, 0.05) is 22.5 Å². The van der Waals surface area contributed by atoms with Crippen LogP contribution in [-0.4, -0.2) is 14.8 Å². The van der Waals surface area contributed by atoms with Crippen molar-refractivity contribution < 1.29 is 4.74 Å². The Hall–Kier alpha value is -2.14. The summed E-state index contributed by atoms with van der Waals surface area (Å²) in [4.78, 5) is 1.18. The Labute approximate surface area is 134 Å². The predicted molar refractivity (Wildman–Crippen MR) is 90.5 cm³/mol. The molecular formula is C17H19N3OS. The fraction of sp³-hybridized carbons (Fsp3) is 0.294. The third kappa shape index (κ3) is 2.64. The van der Waals surface area contributed by atoms with Gasteiger partial charge in [-0.15, -0.1) is 16.4 Å². The molecule has 3 rings (SSSR count). The lowest BCUT2D eigenvalue weighted by Crippen LogP contribution is -2.03. The summed E-state index contributed by atoms with van der Waals surface area (Å²) in [7, 11) is 0. The van der Waals surface area contributed by atoms with Gasteiger partial charge in [0.2, 0.25) is 0 Å². The second kappa shape index (κ2) is 6.32. The van der Waals surface area contributed by atoms with Crippen LogP contribution in [0.2, 0.25) is 0 Å². The number of fused-ring (bicyclic) bond motifs is 1.